The fourth-order valence-corrected chi connectivity index (χ4v) is 1.89. The summed E-state index contributed by atoms with van der Waals surface area (Å²) in [5, 5.41) is 2.88. The Balaban J connectivity index is 1.81. The Hall–Kier alpha value is -2.40. The van der Waals surface area contributed by atoms with E-state index in [4.69, 9.17) is 10.5 Å². The van der Waals surface area contributed by atoms with Crippen molar-refractivity contribution in [1.82, 2.24) is 10.3 Å². The molecule has 0 bridgehead atoms. The van der Waals surface area contributed by atoms with Gasteiger partial charge in [0.15, 0.2) is 6.61 Å². The van der Waals surface area contributed by atoms with Crippen LogP contribution >= 0.6 is 0 Å². The Labute approximate surface area is 124 Å². The van der Waals surface area contributed by atoms with E-state index < -0.39 is 0 Å². The van der Waals surface area contributed by atoms with Gasteiger partial charge >= 0.3 is 0 Å². The van der Waals surface area contributed by atoms with Crippen molar-refractivity contribution in [3.63, 3.8) is 0 Å². The van der Waals surface area contributed by atoms with E-state index in [0.717, 1.165) is 11.1 Å². The quantitative estimate of drug-likeness (QED) is 0.848. The fourth-order valence-electron chi connectivity index (χ4n) is 1.89. The molecule has 0 radical (unpaired) electrons. The van der Waals surface area contributed by atoms with Gasteiger partial charge in [0.05, 0.1) is 6.04 Å². The van der Waals surface area contributed by atoms with Crippen LogP contribution in [0.1, 0.15) is 24.1 Å². The number of nitrogens with zero attached hydrogens (tertiary/aromatic N) is 1. The lowest BCUT2D eigenvalue weighted by Crippen LogP contribution is -2.31. The molecule has 0 aliphatic rings. The molecule has 5 nitrogen and oxygen atoms in total. The molecular weight excluding hydrogens is 266 g/mol. The Bertz CT molecular complexity index is 570. The summed E-state index contributed by atoms with van der Waals surface area (Å²) in [5.74, 6) is 0.487. The molecule has 110 valence electrons. The number of ether oxygens (including phenoxy) is 1. The van der Waals surface area contributed by atoms with E-state index in [-0.39, 0.29) is 18.6 Å². The van der Waals surface area contributed by atoms with Crippen LogP contribution in [-0.4, -0.2) is 17.5 Å². The zero-order valence-electron chi connectivity index (χ0n) is 12.0. The van der Waals surface area contributed by atoms with Gasteiger partial charge in [0, 0.05) is 18.9 Å². The van der Waals surface area contributed by atoms with Gasteiger partial charge in [-0.15, -0.1) is 0 Å². The number of amides is 1. The molecule has 3 N–H and O–H groups in total. The van der Waals surface area contributed by atoms with Crippen LogP contribution < -0.4 is 15.8 Å². The van der Waals surface area contributed by atoms with Gasteiger partial charge in [0.25, 0.3) is 5.91 Å². The van der Waals surface area contributed by atoms with Crippen LogP contribution in [-0.2, 0) is 11.3 Å². The van der Waals surface area contributed by atoms with Gasteiger partial charge in [-0.1, -0.05) is 12.1 Å². The summed E-state index contributed by atoms with van der Waals surface area (Å²) >= 11 is 0. The average Bonchev–Trinajstić information content (AvgIpc) is 2.54. The fraction of sp³-hybridized carbons (Fsp3) is 0.250. The molecular formula is C16H19N3O2. The summed E-state index contributed by atoms with van der Waals surface area (Å²) < 4.78 is 5.44. The summed E-state index contributed by atoms with van der Waals surface area (Å²) in [4.78, 5) is 15.8. The van der Waals surface area contributed by atoms with Crippen molar-refractivity contribution in [2.45, 2.75) is 19.5 Å². The molecule has 21 heavy (non-hydrogen) atoms. The third-order valence-electron chi connectivity index (χ3n) is 3.11. The molecule has 1 atom stereocenters. The van der Waals surface area contributed by atoms with E-state index in [2.05, 4.69) is 10.3 Å². The molecule has 2 rings (SSSR count). The standard InChI is InChI=1S/C16H19N3O2/c1-12(14-6-8-18-9-7-14)19-16(20)11-21-15-4-2-13(10-17)3-5-15/h2-9,12H,10-11,17H2,1H3,(H,19,20). The highest BCUT2D eigenvalue weighted by atomic mass is 16.5. The number of carbonyl (C=O) groups is 1. The predicted molar refractivity (Wildman–Crippen MR) is 80.6 cm³/mol. The van der Waals surface area contributed by atoms with Gasteiger partial charge in [0.1, 0.15) is 5.75 Å². The highest BCUT2D eigenvalue weighted by Gasteiger charge is 2.09. The van der Waals surface area contributed by atoms with Gasteiger partial charge in [-0.3, -0.25) is 9.78 Å². The third-order valence-corrected chi connectivity index (χ3v) is 3.11. The van der Waals surface area contributed by atoms with E-state index >= 15 is 0 Å². The minimum atomic E-state index is -0.165. The number of benzene rings is 1. The Morgan fingerprint density at radius 1 is 1.24 bits per heavy atom. The molecule has 1 aromatic heterocycles. The number of pyridine rings is 1. The van der Waals surface area contributed by atoms with Gasteiger partial charge in [0.2, 0.25) is 0 Å². The Morgan fingerprint density at radius 3 is 2.52 bits per heavy atom. The van der Waals surface area contributed by atoms with Crippen LogP contribution in [0.2, 0.25) is 0 Å². The molecule has 0 saturated heterocycles. The number of nitrogens with one attached hydrogen (secondary N) is 1. The van der Waals surface area contributed by atoms with Crippen molar-refractivity contribution in [2.75, 3.05) is 6.61 Å². The Kier molecular flexibility index (Phi) is 5.29. The first-order valence-corrected chi connectivity index (χ1v) is 6.80. The summed E-state index contributed by atoms with van der Waals surface area (Å²) in [6, 6.07) is 11.0. The molecule has 5 heteroatoms. The van der Waals surface area contributed by atoms with Crippen LogP contribution in [0.25, 0.3) is 0 Å². The molecule has 0 aliphatic carbocycles. The number of hydrogen-bond acceptors (Lipinski definition) is 4. The van der Waals surface area contributed by atoms with Gasteiger partial charge in [-0.05, 0) is 42.3 Å². The molecule has 2 aromatic rings. The van der Waals surface area contributed by atoms with Crippen molar-refractivity contribution in [1.29, 1.82) is 0 Å². The maximum atomic E-state index is 11.9. The Morgan fingerprint density at radius 2 is 1.90 bits per heavy atom. The monoisotopic (exact) mass is 285 g/mol. The van der Waals surface area contributed by atoms with Crippen LogP contribution in [0.4, 0.5) is 0 Å². The molecule has 0 fully saturated rings. The molecule has 1 aromatic carbocycles. The minimum Gasteiger partial charge on any atom is -0.484 e. The molecule has 0 aliphatic heterocycles. The lowest BCUT2D eigenvalue weighted by atomic mass is 10.1. The lowest BCUT2D eigenvalue weighted by molar-refractivity contribution is -0.123. The topological polar surface area (TPSA) is 77.2 Å². The van der Waals surface area contributed by atoms with E-state index in [1.165, 1.54) is 0 Å². The van der Waals surface area contributed by atoms with Crippen LogP contribution in [0, 0.1) is 0 Å². The highest BCUT2D eigenvalue weighted by Crippen LogP contribution is 2.12. The van der Waals surface area contributed by atoms with E-state index in [1.54, 1.807) is 12.4 Å². The molecule has 1 heterocycles. The second-order valence-electron chi connectivity index (χ2n) is 4.71. The lowest BCUT2D eigenvalue weighted by Gasteiger charge is -2.14. The predicted octanol–water partition coefficient (Wildman–Crippen LogP) is 1.80. The maximum absolute atomic E-state index is 11.9. The van der Waals surface area contributed by atoms with Crippen molar-refractivity contribution in [2.24, 2.45) is 5.73 Å². The van der Waals surface area contributed by atoms with Crippen LogP contribution in [0.15, 0.2) is 48.8 Å². The summed E-state index contributed by atoms with van der Waals surface area (Å²) in [7, 11) is 0. The van der Waals surface area contributed by atoms with E-state index in [1.807, 2.05) is 43.3 Å². The molecule has 0 saturated carbocycles. The number of nitrogens with two attached hydrogens (primary N) is 1. The second kappa shape index (κ2) is 7.40. The third kappa shape index (κ3) is 4.57. The highest BCUT2D eigenvalue weighted by molar-refractivity contribution is 5.78. The SMILES string of the molecule is CC(NC(=O)COc1ccc(CN)cc1)c1ccncc1. The summed E-state index contributed by atoms with van der Waals surface area (Å²) in [5.41, 5.74) is 7.55. The van der Waals surface area contributed by atoms with Crippen molar-refractivity contribution < 1.29 is 9.53 Å². The van der Waals surface area contributed by atoms with Crippen molar-refractivity contribution in [3.8, 4) is 5.75 Å². The first kappa shape index (κ1) is 15.0. The second-order valence-corrected chi connectivity index (χ2v) is 4.71. The van der Waals surface area contributed by atoms with Gasteiger partial charge < -0.3 is 15.8 Å². The van der Waals surface area contributed by atoms with E-state index in [9.17, 15) is 4.79 Å². The number of carbonyl (C=O) groups excluding carboxylic acids is 1. The van der Waals surface area contributed by atoms with Crippen molar-refractivity contribution in [3.05, 3.63) is 59.9 Å². The number of aromatic nitrogens is 1. The smallest absolute Gasteiger partial charge is 0.258 e. The minimum absolute atomic E-state index is 0.0165. The zero-order valence-corrected chi connectivity index (χ0v) is 12.0. The van der Waals surface area contributed by atoms with Gasteiger partial charge in [-0.25, -0.2) is 0 Å². The first-order valence-electron chi connectivity index (χ1n) is 6.80. The number of hydrogen-bond donors (Lipinski definition) is 2. The molecule has 1 unspecified atom stereocenters. The summed E-state index contributed by atoms with van der Waals surface area (Å²) in [6.07, 6.45) is 3.40. The molecule has 0 spiro atoms. The maximum Gasteiger partial charge on any atom is 0.258 e. The zero-order chi connectivity index (χ0) is 15.1. The molecule has 1 amide bonds. The number of rotatable bonds is 6. The largest absolute Gasteiger partial charge is 0.484 e. The normalized spacial score (nSPS) is 11.7. The van der Waals surface area contributed by atoms with Crippen molar-refractivity contribution >= 4 is 5.91 Å². The average molecular weight is 285 g/mol. The summed E-state index contributed by atoms with van der Waals surface area (Å²) in [6.45, 7) is 2.39. The first-order chi connectivity index (χ1) is 10.2. The van der Waals surface area contributed by atoms with Gasteiger partial charge in [-0.2, -0.15) is 0 Å². The van der Waals surface area contributed by atoms with Crippen LogP contribution in [0.5, 0.6) is 5.75 Å². The van der Waals surface area contributed by atoms with Crippen LogP contribution in [0.3, 0.4) is 0 Å². The van der Waals surface area contributed by atoms with E-state index in [0.29, 0.717) is 12.3 Å².